The summed E-state index contributed by atoms with van der Waals surface area (Å²) in [6.07, 6.45) is 0.119. The summed E-state index contributed by atoms with van der Waals surface area (Å²) in [6.45, 7) is 3.22. The Morgan fingerprint density at radius 3 is 2.74 bits per heavy atom. The smallest absolute Gasteiger partial charge is 0.316 e. The first-order valence-corrected chi connectivity index (χ1v) is 5.95. The predicted molar refractivity (Wildman–Crippen MR) is 65.2 cm³/mol. The van der Waals surface area contributed by atoms with Gasteiger partial charge in [0.1, 0.15) is 11.6 Å². The second-order valence-corrected chi connectivity index (χ2v) is 4.33. The maximum Gasteiger partial charge on any atom is 0.316 e. The lowest BCUT2D eigenvalue weighted by atomic mass is 9.78. The van der Waals surface area contributed by atoms with E-state index in [-0.39, 0.29) is 25.0 Å². The van der Waals surface area contributed by atoms with Crippen LogP contribution in [0, 0.1) is 23.0 Å². The SMILES string of the molecule is CCOC(=O)C(C)(CCC#N)c1cc(F)ccc1F. The number of carbonyl (C=O) groups is 1. The molecular formula is C14H15F2NO2. The number of halogens is 2. The van der Waals surface area contributed by atoms with Gasteiger partial charge < -0.3 is 4.74 Å². The Bertz CT molecular complexity index is 511. The monoisotopic (exact) mass is 267 g/mol. The van der Waals surface area contributed by atoms with Crippen LogP contribution in [-0.4, -0.2) is 12.6 Å². The first kappa shape index (κ1) is 15.1. The van der Waals surface area contributed by atoms with E-state index in [1.807, 2.05) is 6.07 Å². The van der Waals surface area contributed by atoms with Crippen molar-refractivity contribution in [2.45, 2.75) is 32.1 Å². The highest BCUT2D eigenvalue weighted by Crippen LogP contribution is 2.33. The van der Waals surface area contributed by atoms with Crippen LogP contribution in [-0.2, 0) is 14.9 Å². The maximum atomic E-state index is 13.8. The lowest BCUT2D eigenvalue weighted by Crippen LogP contribution is -2.35. The van der Waals surface area contributed by atoms with Crippen molar-refractivity contribution < 1.29 is 18.3 Å². The molecule has 0 aromatic heterocycles. The quantitative estimate of drug-likeness (QED) is 0.770. The number of ether oxygens (including phenoxy) is 1. The van der Waals surface area contributed by atoms with Crippen molar-refractivity contribution in [3.05, 3.63) is 35.4 Å². The molecule has 0 N–H and O–H groups in total. The average molecular weight is 267 g/mol. The van der Waals surface area contributed by atoms with Crippen LogP contribution >= 0.6 is 0 Å². The van der Waals surface area contributed by atoms with Crippen molar-refractivity contribution >= 4 is 5.97 Å². The molecule has 0 aliphatic rings. The summed E-state index contributed by atoms with van der Waals surface area (Å²) in [7, 11) is 0. The number of esters is 1. The molecule has 0 heterocycles. The minimum Gasteiger partial charge on any atom is -0.465 e. The van der Waals surface area contributed by atoms with E-state index in [0.717, 1.165) is 18.2 Å². The highest BCUT2D eigenvalue weighted by Gasteiger charge is 2.38. The summed E-state index contributed by atoms with van der Waals surface area (Å²) < 4.78 is 32.0. The highest BCUT2D eigenvalue weighted by atomic mass is 19.1. The molecule has 0 spiro atoms. The van der Waals surface area contributed by atoms with Gasteiger partial charge in [-0.2, -0.15) is 5.26 Å². The van der Waals surface area contributed by atoms with Gasteiger partial charge >= 0.3 is 5.97 Å². The van der Waals surface area contributed by atoms with Gasteiger partial charge in [-0.3, -0.25) is 4.79 Å². The lowest BCUT2D eigenvalue weighted by molar-refractivity contribution is -0.149. The largest absolute Gasteiger partial charge is 0.465 e. The number of benzene rings is 1. The van der Waals surface area contributed by atoms with E-state index in [2.05, 4.69) is 0 Å². The number of carbonyl (C=O) groups excluding carboxylic acids is 1. The van der Waals surface area contributed by atoms with Crippen molar-refractivity contribution in [2.75, 3.05) is 6.61 Å². The number of nitrogens with zero attached hydrogens (tertiary/aromatic N) is 1. The Labute approximate surface area is 110 Å². The van der Waals surface area contributed by atoms with E-state index in [0.29, 0.717) is 0 Å². The summed E-state index contributed by atoms with van der Waals surface area (Å²) in [5.74, 6) is -1.98. The third kappa shape index (κ3) is 3.28. The van der Waals surface area contributed by atoms with Crippen LogP contribution in [0.1, 0.15) is 32.3 Å². The minimum atomic E-state index is -1.36. The van der Waals surface area contributed by atoms with Gasteiger partial charge in [-0.05, 0) is 38.5 Å². The van der Waals surface area contributed by atoms with Gasteiger partial charge in [-0.15, -0.1) is 0 Å². The molecule has 0 saturated heterocycles. The molecule has 1 rings (SSSR count). The second kappa shape index (κ2) is 6.28. The van der Waals surface area contributed by atoms with E-state index in [1.165, 1.54) is 6.92 Å². The maximum absolute atomic E-state index is 13.8. The van der Waals surface area contributed by atoms with E-state index in [9.17, 15) is 13.6 Å². The third-order valence-corrected chi connectivity index (χ3v) is 2.99. The highest BCUT2D eigenvalue weighted by molar-refractivity contribution is 5.82. The molecule has 3 nitrogen and oxygen atoms in total. The number of nitriles is 1. The van der Waals surface area contributed by atoms with Crippen LogP contribution in [0.3, 0.4) is 0 Å². The van der Waals surface area contributed by atoms with Crippen molar-refractivity contribution in [1.29, 1.82) is 5.26 Å². The summed E-state index contributed by atoms with van der Waals surface area (Å²) in [4.78, 5) is 12.0. The van der Waals surface area contributed by atoms with Gasteiger partial charge in [0.05, 0.1) is 18.1 Å². The Hall–Kier alpha value is -1.96. The predicted octanol–water partition coefficient (Wildman–Crippen LogP) is 3.09. The van der Waals surface area contributed by atoms with Gasteiger partial charge in [-0.25, -0.2) is 8.78 Å². The summed E-state index contributed by atoms with van der Waals surface area (Å²) in [5.41, 5.74) is -1.45. The van der Waals surface area contributed by atoms with Crippen molar-refractivity contribution in [1.82, 2.24) is 0 Å². The first-order chi connectivity index (χ1) is 8.95. The fourth-order valence-electron chi connectivity index (χ4n) is 1.86. The van der Waals surface area contributed by atoms with Gasteiger partial charge in [0.25, 0.3) is 0 Å². The molecule has 1 atom stereocenters. The number of rotatable bonds is 5. The van der Waals surface area contributed by atoms with Crippen LogP contribution in [0.2, 0.25) is 0 Å². The van der Waals surface area contributed by atoms with Crippen LogP contribution in [0.4, 0.5) is 8.78 Å². The first-order valence-electron chi connectivity index (χ1n) is 5.95. The zero-order valence-corrected chi connectivity index (χ0v) is 10.9. The molecule has 0 aliphatic heterocycles. The molecule has 1 aromatic carbocycles. The minimum absolute atomic E-state index is 0.0469. The summed E-state index contributed by atoms with van der Waals surface area (Å²) >= 11 is 0. The summed E-state index contributed by atoms with van der Waals surface area (Å²) in [5, 5.41) is 8.64. The van der Waals surface area contributed by atoms with E-state index in [1.54, 1.807) is 6.92 Å². The molecule has 19 heavy (non-hydrogen) atoms. The molecule has 0 aliphatic carbocycles. The zero-order chi connectivity index (χ0) is 14.5. The van der Waals surface area contributed by atoms with Crippen molar-refractivity contribution in [3.63, 3.8) is 0 Å². The lowest BCUT2D eigenvalue weighted by Gasteiger charge is -2.27. The Morgan fingerprint density at radius 2 is 2.16 bits per heavy atom. The fourth-order valence-corrected chi connectivity index (χ4v) is 1.86. The number of hydrogen-bond donors (Lipinski definition) is 0. The Morgan fingerprint density at radius 1 is 1.47 bits per heavy atom. The van der Waals surface area contributed by atoms with Crippen LogP contribution in [0.15, 0.2) is 18.2 Å². The van der Waals surface area contributed by atoms with Crippen molar-refractivity contribution in [3.8, 4) is 6.07 Å². The fraction of sp³-hybridized carbons (Fsp3) is 0.429. The van der Waals surface area contributed by atoms with Gasteiger partial charge in [-0.1, -0.05) is 0 Å². The Balaban J connectivity index is 3.26. The molecule has 0 fully saturated rings. The average Bonchev–Trinajstić information content (AvgIpc) is 2.39. The van der Waals surface area contributed by atoms with Crippen LogP contribution in [0.5, 0.6) is 0 Å². The van der Waals surface area contributed by atoms with E-state index in [4.69, 9.17) is 10.00 Å². The summed E-state index contributed by atoms with van der Waals surface area (Å²) in [6, 6.07) is 4.82. The van der Waals surface area contributed by atoms with Gasteiger partial charge in [0.15, 0.2) is 0 Å². The van der Waals surface area contributed by atoms with Crippen LogP contribution in [0.25, 0.3) is 0 Å². The third-order valence-electron chi connectivity index (χ3n) is 2.99. The van der Waals surface area contributed by atoms with Gasteiger partial charge in [0, 0.05) is 12.0 Å². The Kier molecular flexibility index (Phi) is 4.99. The molecule has 1 unspecified atom stereocenters. The molecule has 0 bridgehead atoms. The molecular weight excluding hydrogens is 252 g/mol. The van der Waals surface area contributed by atoms with E-state index >= 15 is 0 Å². The second-order valence-electron chi connectivity index (χ2n) is 4.33. The number of hydrogen-bond acceptors (Lipinski definition) is 3. The van der Waals surface area contributed by atoms with E-state index < -0.39 is 23.0 Å². The molecule has 102 valence electrons. The normalized spacial score (nSPS) is 13.4. The molecule has 0 amide bonds. The molecule has 0 saturated carbocycles. The van der Waals surface area contributed by atoms with Crippen LogP contribution < -0.4 is 0 Å². The van der Waals surface area contributed by atoms with Gasteiger partial charge in [0.2, 0.25) is 0 Å². The topological polar surface area (TPSA) is 50.1 Å². The van der Waals surface area contributed by atoms with Crippen molar-refractivity contribution in [2.24, 2.45) is 0 Å². The standard InChI is InChI=1S/C14H15F2NO2/c1-3-19-13(18)14(2,7-4-8-17)11-9-10(15)5-6-12(11)16/h5-6,9H,3-4,7H2,1-2H3. The molecule has 1 aromatic rings. The molecule has 5 heteroatoms. The molecule has 0 radical (unpaired) electrons. The zero-order valence-electron chi connectivity index (χ0n) is 10.9.